The maximum absolute atomic E-state index is 13.4. The van der Waals surface area contributed by atoms with Crippen LogP contribution < -0.4 is 11.1 Å². The number of nitrogens with one attached hydrogen (secondary N) is 1. The highest BCUT2D eigenvalue weighted by atomic mass is 16.2. The zero-order valence-corrected chi connectivity index (χ0v) is 21.3. The number of carbonyl (C=O) groups is 2. The van der Waals surface area contributed by atoms with Crippen molar-refractivity contribution in [2.75, 3.05) is 31.9 Å². The van der Waals surface area contributed by atoms with E-state index < -0.39 is 0 Å². The number of nitrogen functional groups attached to an aromatic ring is 1. The Bertz CT molecular complexity index is 1020. The Balaban J connectivity index is 0.00000361. The van der Waals surface area contributed by atoms with Crippen LogP contribution in [0.5, 0.6) is 0 Å². The van der Waals surface area contributed by atoms with E-state index in [2.05, 4.69) is 35.1 Å². The predicted molar refractivity (Wildman–Crippen MR) is 148 cm³/mol. The van der Waals surface area contributed by atoms with Crippen molar-refractivity contribution in [3.63, 3.8) is 0 Å². The van der Waals surface area contributed by atoms with Crippen molar-refractivity contribution in [2.45, 2.75) is 90.8 Å². The molecule has 2 saturated heterocycles. The molecule has 198 valence electrons. The fourth-order valence-corrected chi connectivity index (χ4v) is 5.41. The average Bonchev–Trinajstić information content (AvgIpc) is 2.82. The highest BCUT2D eigenvalue weighted by molar-refractivity contribution is 5.93. The molecule has 0 saturated carbocycles. The number of piperidine rings is 1. The van der Waals surface area contributed by atoms with Crippen LogP contribution in [0.3, 0.4) is 0 Å². The summed E-state index contributed by atoms with van der Waals surface area (Å²) in [6, 6.07) is 7.75. The number of anilines is 1. The minimum Gasteiger partial charge on any atom is -0.383 e. The molecule has 2 aliphatic rings. The predicted octanol–water partition coefficient (Wildman–Crippen LogP) is 4.19. The Kier molecular flexibility index (Phi) is 10.3. The lowest BCUT2D eigenvalue weighted by Crippen LogP contribution is -2.60. The molecule has 0 spiro atoms. The third-order valence-electron chi connectivity index (χ3n) is 7.44. The standard InChI is InChI=1S/C28H41N5O2.CH4/c1-20(2)31-24(7-6-17-32-15-4-3-5-16-32)28(35)33-18-13-25(33)26(34)11-9-21-8-10-23-22(19-21)12-14-30-27(23)29;/h8,10,12,14,19-20,24-25,31H,3-7,9,11,13,15-18H2,1-2H3,(H2,29,30);1H4/t24-,25+;/m1./s1. The molecule has 0 aliphatic carbocycles. The van der Waals surface area contributed by atoms with Gasteiger partial charge in [0.05, 0.1) is 12.1 Å². The van der Waals surface area contributed by atoms with Gasteiger partial charge in [-0.1, -0.05) is 45.9 Å². The van der Waals surface area contributed by atoms with Gasteiger partial charge in [0.1, 0.15) is 5.82 Å². The number of rotatable bonds is 11. The second-order valence-electron chi connectivity index (χ2n) is 10.5. The molecule has 0 bridgehead atoms. The van der Waals surface area contributed by atoms with E-state index in [-0.39, 0.29) is 37.2 Å². The Morgan fingerprint density at radius 2 is 1.92 bits per heavy atom. The van der Waals surface area contributed by atoms with Crippen molar-refractivity contribution in [1.29, 1.82) is 0 Å². The van der Waals surface area contributed by atoms with Gasteiger partial charge in [0, 0.05) is 30.6 Å². The number of likely N-dealkylation sites (tertiary alicyclic amines) is 2. The molecule has 3 heterocycles. The lowest BCUT2D eigenvalue weighted by molar-refractivity contribution is -0.148. The molecule has 7 nitrogen and oxygen atoms in total. The topological polar surface area (TPSA) is 91.6 Å². The smallest absolute Gasteiger partial charge is 0.240 e. The van der Waals surface area contributed by atoms with Crippen molar-refractivity contribution >= 4 is 28.3 Å². The largest absolute Gasteiger partial charge is 0.383 e. The fraction of sp³-hybridized carbons (Fsp3) is 0.621. The number of ketones is 1. The van der Waals surface area contributed by atoms with Gasteiger partial charge in [-0.25, -0.2) is 4.98 Å². The van der Waals surface area contributed by atoms with E-state index in [1.807, 2.05) is 23.1 Å². The number of pyridine rings is 1. The second kappa shape index (κ2) is 13.2. The molecule has 2 atom stereocenters. The molecule has 2 aliphatic heterocycles. The van der Waals surface area contributed by atoms with Crippen LogP contribution >= 0.6 is 0 Å². The number of carbonyl (C=O) groups excluding carboxylic acids is 2. The van der Waals surface area contributed by atoms with E-state index in [1.165, 1.54) is 32.4 Å². The van der Waals surface area contributed by atoms with Crippen LogP contribution in [0, 0.1) is 0 Å². The molecule has 4 rings (SSSR count). The van der Waals surface area contributed by atoms with Gasteiger partial charge in [0.2, 0.25) is 5.91 Å². The molecule has 0 radical (unpaired) electrons. The van der Waals surface area contributed by atoms with Gasteiger partial charge >= 0.3 is 0 Å². The number of aromatic nitrogens is 1. The van der Waals surface area contributed by atoms with Crippen molar-refractivity contribution in [2.24, 2.45) is 0 Å². The molecule has 7 heteroatoms. The first-order chi connectivity index (χ1) is 16.9. The van der Waals surface area contributed by atoms with Gasteiger partial charge in [0.15, 0.2) is 5.78 Å². The molecule has 1 aromatic heterocycles. The number of hydrogen-bond donors (Lipinski definition) is 2. The number of amides is 1. The molecule has 1 amide bonds. The van der Waals surface area contributed by atoms with Crippen molar-refractivity contribution in [1.82, 2.24) is 20.1 Å². The van der Waals surface area contributed by atoms with Gasteiger partial charge in [0.25, 0.3) is 0 Å². The summed E-state index contributed by atoms with van der Waals surface area (Å²) >= 11 is 0. The number of fused-ring (bicyclic) bond motifs is 1. The van der Waals surface area contributed by atoms with Crippen LogP contribution in [-0.4, -0.2) is 70.8 Å². The van der Waals surface area contributed by atoms with E-state index in [0.717, 1.165) is 42.1 Å². The molecular weight excluding hydrogens is 450 g/mol. The molecule has 0 unspecified atom stereocenters. The summed E-state index contributed by atoms with van der Waals surface area (Å²) in [6.07, 6.45) is 9.32. The molecular formula is C29H45N5O2. The normalized spacial score (nSPS) is 19.1. The number of nitrogens with zero attached hydrogens (tertiary/aromatic N) is 3. The fourth-order valence-electron chi connectivity index (χ4n) is 5.41. The second-order valence-corrected chi connectivity index (χ2v) is 10.5. The van der Waals surface area contributed by atoms with Gasteiger partial charge in [-0.2, -0.15) is 0 Å². The Hall–Kier alpha value is -2.51. The summed E-state index contributed by atoms with van der Waals surface area (Å²) in [4.78, 5) is 34.9. The van der Waals surface area contributed by atoms with E-state index in [0.29, 0.717) is 25.2 Å². The monoisotopic (exact) mass is 495 g/mol. The first kappa shape index (κ1) is 28.1. The average molecular weight is 496 g/mol. The van der Waals surface area contributed by atoms with E-state index >= 15 is 0 Å². The van der Waals surface area contributed by atoms with Crippen molar-refractivity contribution in [3.8, 4) is 0 Å². The third-order valence-corrected chi connectivity index (χ3v) is 7.44. The zero-order valence-electron chi connectivity index (χ0n) is 21.3. The summed E-state index contributed by atoms with van der Waals surface area (Å²) in [5.41, 5.74) is 7.05. The molecule has 3 N–H and O–H groups in total. The number of nitrogens with two attached hydrogens (primary N) is 1. The summed E-state index contributed by atoms with van der Waals surface area (Å²) in [6.45, 7) is 8.26. The van der Waals surface area contributed by atoms with E-state index in [4.69, 9.17) is 5.73 Å². The Labute approximate surface area is 216 Å². The SMILES string of the molecule is C.CC(C)N[C@H](CCCN1CCCCC1)C(=O)N1CC[C@H]1C(=O)CCc1ccc2c(N)nccc2c1. The van der Waals surface area contributed by atoms with Gasteiger partial charge in [-0.05, 0) is 75.2 Å². The Morgan fingerprint density at radius 1 is 1.14 bits per heavy atom. The number of benzene rings is 1. The maximum atomic E-state index is 13.4. The van der Waals surface area contributed by atoms with Crippen LogP contribution in [0.1, 0.15) is 71.8 Å². The Morgan fingerprint density at radius 3 is 2.61 bits per heavy atom. The van der Waals surface area contributed by atoms with Crippen molar-refractivity contribution in [3.05, 3.63) is 36.0 Å². The van der Waals surface area contributed by atoms with Gasteiger partial charge in [-0.3, -0.25) is 9.59 Å². The van der Waals surface area contributed by atoms with Crippen LogP contribution in [0.2, 0.25) is 0 Å². The van der Waals surface area contributed by atoms with Crippen molar-refractivity contribution < 1.29 is 9.59 Å². The number of Topliss-reactive ketones (excluding diaryl/α,β-unsaturated/α-hetero) is 1. The molecule has 1 aromatic carbocycles. The first-order valence-corrected chi connectivity index (χ1v) is 13.4. The number of aryl methyl sites for hydroxylation is 1. The highest BCUT2D eigenvalue weighted by Crippen LogP contribution is 2.24. The molecule has 2 aromatic rings. The van der Waals surface area contributed by atoms with Gasteiger partial charge in [-0.15, -0.1) is 0 Å². The van der Waals surface area contributed by atoms with Crippen LogP contribution in [0.4, 0.5) is 5.82 Å². The van der Waals surface area contributed by atoms with Gasteiger partial charge < -0.3 is 20.9 Å². The summed E-state index contributed by atoms with van der Waals surface area (Å²) in [7, 11) is 0. The van der Waals surface area contributed by atoms with Crippen LogP contribution in [0.15, 0.2) is 30.5 Å². The van der Waals surface area contributed by atoms with Crippen LogP contribution in [-0.2, 0) is 16.0 Å². The maximum Gasteiger partial charge on any atom is 0.240 e. The summed E-state index contributed by atoms with van der Waals surface area (Å²) in [5.74, 6) is 0.778. The minimum absolute atomic E-state index is 0. The third kappa shape index (κ3) is 7.04. The summed E-state index contributed by atoms with van der Waals surface area (Å²) < 4.78 is 0. The van der Waals surface area contributed by atoms with E-state index in [1.54, 1.807) is 6.20 Å². The summed E-state index contributed by atoms with van der Waals surface area (Å²) in [5, 5.41) is 5.44. The number of hydrogen-bond acceptors (Lipinski definition) is 6. The molecule has 2 fully saturated rings. The van der Waals surface area contributed by atoms with E-state index in [9.17, 15) is 9.59 Å². The zero-order chi connectivity index (χ0) is 24.8. The minimum atomic E-state index is -0.277. The quantitative estimate of drug-likeness (QED) is 0.486. The lowest BCUT2D eigenvalue weighted by Gasteiger charge is -2.42. The van der Waals surface area contributed by atoms with Crippen LogP contribution in [0.25, 0.3) is 10.8 Å². The highest BCUT2D eigenvalue weighted by Gasteiger charge is 2.39. The first-order valence-electron chi connectivity index (χ1n) is 13.4. The lowest BCUT2D eigenvalue weighted by atomic mass is 9.92. The molecule has 36 heavy (non-hydrogen) atoms.